The quantitative estimate of drug-likeness (QED) is 0.797. The molecule has 124 valence electrons. The van der Waals surface area contributed by atoms with Crippen molar-refractivity contribution in [3.05, 3.63) is 53.9 Å². The summed E-state index contributed by atoms with van der Waals surface area (Å²) in [5, 5.41) is 0. The molecule has 5 nitrogen and oxygen atoms in total. The molecule has 0 unspecified atom stereocenters. The molecular weight excluding hydrogens is 304 g/mol. The van der Waals surface area contributed by atoms with E-state index in [1.807, 2.05) is 23.1 Å². The molecule has 3 heterocycles. The minimum Gasteiger partial charge on any atom is -0.497 e. The summed E-state index contributed by atoms with van der Waals surface area (Å²) in [5.74, 6) is 1.41. The molecular formula is C19H20N2O3. The third kappa shape index (κ3) is 2.66. The van der Waals surface area contributed by atoms with Gasteiger partial charge in [-0.3, -0.25) is 4.79 Å². The molecule has 0 saturated carbocycles. The second kappa shape index (κ2) is 6.07. The first kappa shape index (κ1) is 14.9. The van der Waals surface area contributed by atoms with E-state index in [0.29, 0.717) is 11.6 Å². The predicted molar refractivity (Wildman–Crippen MR) is 91.4 cm³/mol. The van der Waals surface area contributed by atoms with Crippen LogP contribution in [0.2, 0.25) is 0 Å². The lowest BCUT2D eigenvalue weighted by Crippen LogP contribution is -2.38. The number of carbonyl (C=O) groups excluding carboxylic acids is 1. The summed E-state index contributed by atoms with van der Waals surface area (Å²) in [6.45, 7) is 1.53. The van der Waals surface area contributed by atoms with Gasteiger partial charge in [0.1, 0.15) is 11.4 Å². The van der Waals surface area contributed by atoms with Crippen molar-refractivity contribution in [2.45, 2.75) is 18.8 Å². The van der Waals surface area contributed by atoms with Crippen LogP contribution < -0.4 is 4.74 Å². The molecule has 4 rings (SSSR count). The molecule has 0 radical (unpaired) electrons. The second-order valence-electron chi connectivity index (χ2n) is 6.22. The second-order valence-corrected chi connectivity index (χ2v) is 6.22. The Labute approximate surface area is 140 Å². The monoisotopic (exact) mass is 324 g/mol. The summed E-state index contributed by atoms with van der Waals surface area (Å²) >= 11 is 0. The van der Waals surface area contributed by atoms with Crippen LogP contribution in [0.1, 0.15) is 34.8 Å². The third-order valence-corrected chi connectivity index (χ3v) is 4.82. The fourth-order valence-corrected chi connectivity index (χ4v) is 3.45. The van der Waals surface area contributed by atoms with Crippen LogP contribution in [-0.2, 0) is 0 Å². The summed E-state index contributed by atoms with van der Waals surface area (Å²) in [4.78, 5) is 17.7. The van der Waals surface area contributed by atoms with Gasteiger partial charge in [-0.05, 0) is 36.5 Å². The first-order valence-corrected chi connectivity index (χ1v) is 8.24. The largest absolute Gasteiger partial charge is 0.497 e. The molecule has 5 heteroatoms. The highest BCUT2D eigenvalue weighted by atomic mass is 16.5. The zero-order chi connectivity index (χ0) is 16.5. The van der Waals surface area contributed by atoms with Crippen molar-refractivity contribution in [2.75, 3.05) is 20.2 Å². The van der Waals surface area contributed by atoms with E-state index in [-0.39, 0.29) is 5.91 Å². The van der Waals surface area contributed by atoms with Gasteiger partial charge in [0, 0.05) is 25.2 Å². The first-order chi connectivity index (χ1) is 11.7. The zero-order valence-corrected chi connectivity index (χ0v) is 13.6. The third-order valence-electron chi connectivity index (χ3n) is 4.82. The normalized spacial score (nSPS) is 15.8. The van der Waals surface area contributed by atoms with Gasteiger partial charge < -0.3 is 19.0 Å². The van der Waals surface area contributed by atoms with Crippen LogP contribution in [0.25, 0.3) is 11.1 Å². The molecule has 1 aliphatic rings. The number of nitrogens with one attached hydrogen (secondary N) is 1. The van der Waals surface area contributed by atoms with Gasteiger partial charge in [0.2, 0.25) is 0 Å². The highest BCUT2D eigenvalue weighted by Crippen LogP contribution is 2.30. The fourth-order valence-electron chi connectivity index (χ4n) is 3.45. The topological polar surface area (TPSA) is 58.5 Å². The number of aromatic nitrogens is 1. The lowest BCUT2D eigenvalue weighted by Gasteiger charge is -2.32. The molecule has 0 atom stereocenters. The molecule has 1 N–H and O–H groups in total. The van der Waals surface area contributed by atoms with Crippen LogP contribution in [0.5, 0.6) is 5.75 Å². The van der Waals surface area contributed by atoms with Crippen LogP contribution in [0, 0.1) is 0 Å². The van der Waals surface area contributed by atoms with Gasteiger partial charge in [0.25, 0.3) is 5.91 Å². The molecule has 3 aromatic rings. The number of hydrogen-bond acceptors (Lipinski definition) is 3. The molecule has 1 amide bonds. The summed E-state index contributed by atoms with van der Waals surface area (Å²) in [5.41, 5.74) is 3.48. The Morgan fingerprint density at radius 1 is 1.25 bits per heavy atom. The lowest BCUT2D eigenvalue weighted by atomic mass is 9.89. The first-order valence-electron chi connectivity index (χ1n) is 8.24. The number of methoxy groups -OCH3 is 1. The highest BCUT2D eigenvalue weighted by molar-refractivity contribution is 5.96. The van der Waals surface area contributed by atoms with Crippen LogP contribution in [-0.4, -0.2) is 36.0 Å². The van der Waals surface area contributed by atoms with Gasteiger partial charge in [-0.2, -0.15) is 0 Å². The number of benzene rings is 1. The number of furan rings is 1. The van der Waals surface area contributed by atoms with Crippen LogP contribution in [0.15, 0.2) is 47.1 Å². The van der Waals surface area contributed by atoms with Gasteiger partial charge in [-0.1, -0.05) is 12.1 Å². The lowest BCUT2D eigenvalue weighted by molar-refractivity contribution is 0.0708. The van der Waals surface area contributed by atoms with E-state index in [2.05, 4.69) is 17.1 Å². The van der Waals surface area contributed by atoms with E-state index in [1.54, 1.807) is 19.4 Å². The fraction of sp³-hybridized carbons (Fsp3) is 0.316. The molecule has 1 aromatic carbocycles. The van der Waals surface area contributed by atoms with E-state index in [4.69, 9.17) is 9.15 Å². The van der Waals surface area contributed by atoms with Crippen LogP contribution in [0.4, 0.5) is 0 Å². The van der Waals surface area contributed by atoms with Crippen molar-refractivity contribution in [2.24, 2.45) is 0 Å². The molecule has 1 aliphatic heterocycles. The smallest absolute Gasteiger partial charge is 0.270 e. The van der Waals surface area contributed by atoms with E-state index in [9.17, 15) is 4.79 Å². The molecule has 24 heavy (non-hydrogen) atoms. The van der Waals surface area contributed by atoms with Crippen molar-refractivity contribution in [1.82, 2.24) is 9.88 Å². The Hall–Kier alpha value is -2.69. The minimum atomic E-state index is 0.0468. The number of amides is 1. The number of hydrogen-bond donors (Lipinski definition) is 1. The van der Waals surface area contributed by atoms with Crippen molar-refractivity contribution in [1.29, 1.82) is 0 Å². The average Bonchev–Trinajstić information content (AvgIpc) is 3.23. The number of ether oxygens (including phenoxy) is 1. The van der Waals surface area contributed by atoms with E-state index < -0.39 is 0 Å². The van der Waals surface area contributed by atoms with Crippen molar-refractivity contribution >= 4 is 17.0 Å². The van der Waals surface area contributed by atoms with Gasteiger partial charge in [-0.15, -0.1) is 0 Å². The number of aromatic amines is 1. The number of piperidine rings is 1. The van der Waals surface area contributed by atoms with Crippen LogP contribution in [0.3, 0.4) is 0 Å². The molecule has 1 saturated heterocycles. The molecule has 0 aliphatic carbocycles. The Kier molecular flexibility index (Phi) is 3.76. The maximum absolute atomic E-state index is 12.6. The number of nitrogens with zero attached hydrogens (tertiary/aromatic N) is 1. The molecule has 0 spiro atoms. The maximum atomic E-state index is 12.6. The van der Waals surface area contributed by atoms with Crippen molar-refractivity contribution in [3.8, 4) is 5.75 Å². The molecule has 1 fully saturated rings. The Morgan fingerprint density at radius 3 is 2.83 bits per heavy atom. The standard InChI is InChI=1S/C19H20N2O3/c1-23-15-4-2-3-14(11-15)13-5-8-21(9-6-13)19(22)17-12-18-16(20-17)7-10-24-18/h2-4,7,10-13,20H,5-6,8-9H2,1H3. The van der Waals surface area contributed by atoms with Crippen LogP contribution >= 0.6 is 0 Å². The predicted octanol–water partition coefficient (Wildman–Crippen LogP) is 3.79. The zero-order valence-electron chi connectivity index (χ0n) is 13.6. The van der Waals surface area contributed by atoms with E-state index in [0.717, 1.165) is 42.8 Å². The number of rotatable bonds is 3. The average molecular weight is 324 g/mol. The van der Waals surface area contributed by atoms with Gasteiger partial charge in [-0.25, -0.2) is 0 Å². The summed E-state index contributed by atoms with van der Waals surface area (Å²) in [6.07, 6.45) is 3.56. The number of fused-ring (bicyclic) bond motifs is 1. The van der Waals surface area contributed by atoms with Gasteiger partial charge in [0.05, 0.1) is 18.9 Å². The summed E-state index contributed by atoms with van der Waals surface area (Å²) in [7, 11) is 1.69. The molecule has 2 aromatic heterocycles. The summed E-state index contributed by atoms with van der Waals surface area (Å²) in [6, 6.07) is 11.8. The minimum absolute atomic E-state index is 0.0468. The summed E-state index contributed by atoms with van der Waals surface area (Å²) < 4.78 is 10.6. The van der Waals surface area contributed by atoms with Crippen molar-refractivity contribution in [3.63, 3.8) is 0 Å². The number of likely N-dealkylation sites (tertiary alicyclic amines) is 1. The van der Waals surface area contributed by atoms with E-state index >= 15 is 0 Å². The van der Waals surface area contributed by atoms with Gasteiger partial charge >= 0.3 is 0 Å². The number of carbonyl (C=O) groups is 1. The Balaban J connectivity index is 1.43. The highest BCUT2D eigenvalue weighted by Gasteiger charge is 2.25. The SMILES string of the molecule is COc1cccc(C2CCN(C(=O)c3cc4occc4[nH]3)CC2)c1. The number of H-pyrrole nitrogens is 1. The van der Waals surface area contributed by atoms with E-state index in [1.165, 1.54) is 5.56 Å². The Morgan fingerprint density at radius 2 is 2.08 bits per heavy atom. The molecule has 0 bridgehead atoms. The van der Waals surface area contributed by atoms with Gasteiger partial charge in [0.15, 0.2) is 5.58 Å². The maximum Gasteiger partial charge on any atom is 0.270 e. The van der Waals surface area contributed by atoms with Crippen molar-refractivity contribution < 1.29 is 13.9 Å². The Bertz CT molecular complexity index is 828.